The third-order valence-electron chi connectivity index (χ3n) is 3.14. The summed E-state index contributed by atoms with van der Waals surface area (Å²) in [6.07, 6.45) is 0.851. The monoisotopic (exact) mass is 416 g/mol. The van der Waals surface area contributed by atoms with Crippen molar-refractivity contribution in [3.8, 4) is 0 Å². The Morgan fingerprint density at radius 2 is 1.33 bits per heavy atom. The maximum absolute atomic E-state index is 11.6. The van der Waals surface area contributed by atoms with E-state index in [1.54, 1.807) is 0 Å². The number of rotatable bonds is 12. The van der Waals surface area contributed by atoms with Gasteiger partial charge >= 0.3 is 17.2 Å². The summed E-state index contributed by atoms with van der Waals surface area (Å²) in [7, 11) is 0. The molecule has 0 saturated heterocycles. The molecule has 0 heterocycles. The second-order valence-electron chi connectivity index (χ2n) is 4.93. The normalized spacial score (nSPS) is 11.0. The van der Waals surface area contributed by atoms with Crippen LogP contribution in [0.5, 0.6) is 0 Å². The second-order valence-corrected chi connectivity index (χ2v) is 7.48. The lowest BCUT2D eigenvalue weighted by Gasteiger charge is -2.31. The van der Waals surface area contributed by atoms with Gasteiger partial charge in [0.05, 0.1) is 18.3 Å². The molecule has 0 N–H and O–H groups in total. The Kier molecular flexibility index (Phi) is 13.9. The fourth-order valence-electron chi connectivity index (χ4n) is 1.53. The van der Waals surface area contributed by atoms with E-state index < -0.39 is 22.7 Å². The summed E-state index contributed by atoms with van der Waals surface area (Å²) >= 11 is 12.8. The molecule has 0 spiro atoms. The molecule has 0 amide bonds. The highest BCUT2D eigenvalue weighted by Gasteiger charge is 2.34. The molecule has 0 atom stereocenters. The van der Waals surface area contributed by atoms with Crippen molar-refractivity contribution in [2.75, 3.05) is 36.4 Å². The van der Waals surface area contributed by atoms with E-state index in [0.717, 1.165) is 11.8 Å². The van der Waals surface area contributed by atoms with Gasteiger partial charge in [-0.25, -0.2) is 4.79 Å². The number of ether oxygens (including phenoxy) is 3. The predicted octanol–water partition coefficient (Wildman–Crippen LogP) is 2.87. The van der Waals surface area contributed by atoms with Gasteiger partial charge in [-0.15, -0.1) is 0 Å². The lowest BCUT2D eigenvalue weighted by Crippen LogP contribution is -2.38. The Balaban J connectivity index is 4.81. The van der Waals surface area contributed by atoms with E-state index >= 15 is 0 Å². The van der Waals surface area contributed by atoms with Crippen molar-refractivity contribution in [3.63, 3.8) is 0 Å². The van der Waals surface area contributed by atoms with Gasteiger partial charge in [-0.3, -0.25) is 9.59 Å². The van der Waals surface area contributed by atoms with E-state index in [0.29, 0.717) is 23.0 Å². The van der Waals surface area contributed by atoms with E-state index in [2.05, 4.69) is 37.9 Å². The Labute approximate surface area is 163 Å². The van der Waals surface area contributed by atoms with Crippen LogP contribution in [0, 0.1) is 5.41 Å². The molecule has 0 rings (SSSR count). The van der Waals surface area contributed by atoms with Crippen molar-refractivity contribution in [2.45, 2.75) is 26.2 Å². The maximum Gasteiger partial charge on any atom is 0.368 e. The molecule has 24 heavy (non-hydrogen) atoms. The largest absolute Gasteiger partial charge is 0.465 e. The third kappa shape index (κ3) is 10.6. The third-order valence-corrected chi connectivity index (χ3v) is 4.46. The first-order valence-electron chi connectivity index (χ1n) is 7.36. The summed E-state index contributed by atoms with van der Waals surface area (Å²) in [6, 6.07) is 0. The van der Waals surface area contributed by atoms with Crippen LogP contribution in [-0.4, -0.2) is 53.7 Å². The van der Waals surface area contributed by atoms with Crippen LogP contribution >= 0.6 is 49.6 Å². The number of hydrogen-bond acceptors (Lipinski definition) is 10. The standard InChI is InChI=1S/C14H24O6S4/c1-2-14(7-18-11(15)3-5-21,8-19-12(16)4-6-22)9-20-13(17)24-10-23/h21-23H,2-10H2,1H3. The van der Waals surface area contributed by atoms with E-state index in [9.17, 15) is 14.4 Å². The number of carbonyl (C=O) groups is 3. The van der Waals surface area contributed by atoms with Gasteiger partial charge in [-0.1, -0.05) is 6.92 Å². The summed E-state index contributed by atoms with van der Waals surface area (Å²) in [5.74, 6) is -0.0496. The lowest BCUT2D eigenvalue weighted by molar-refractivity contribution is -0.155. The molecule has 0 fully saturated rings. The molecule has 0 bridgehead atoms. The molecule has 0 aliphatic carbocycles. The molecule has 0 aromatic heterocycles. The van der Waals surface area contributed by atoms with Crippen molar-refractivity contribution in [1.82, 2.24) is 0 Å². The van der Waals surface area contributed by atoms with Crippen LogP contribution in [0.2, 0.25) is 0 Å². The zero-order valence-electron chi connectivity index (χ0n) is 13.6. The highest BCUT2D eigenvalue weighted by Crippen LogP contribution is 2.26. The smallest absolute Gasteiger partial charge is 0.368 e. The molecule has 0 aliphatic rings. The van der Waals surface area contributed by atoms with E-state index in [-0.39, 0.29) is 32.7 Å². The molecule has 6 nitrogen and oxygen atoms in total. The molecule has 0 unspecified atom stereocenters. The molecule has 140 valence electrons. The Morgan fingerprint density at radius 1 is 0.875 bits per heavy atom. The fraction of sp³-hybridized carbons (Fsp3) is 0.786. The number of thiol groups is 3. The average molecular weight is 417 g/mol. The molecule has 0 aliphatic heterocycles. The first kappa shape index (κ1) is 23.8. The number of carbonyl (C=O) groups excluding carboxylic acids is 3. The number of thioether (sulfide) groups is 1. The van der Waals surface area contributed by atoms with Gasteiger partial charge in [-0.2, -0.15) is 37.9 Å². The Hall–Kier alpha value is -0.190. The maximum atomic E-state index is 11.6. The van der Waals surface area contributed by atoms with Gasteiger partial charge in [0.1, 0.15) is 19.8 Å². The Morgan fingerprint density at radius 3 is 1.71 bits per heavy atom. The van der Waals surface area contributed by atoms with Gasteiger partial charge in [0.15, 0.2) is 0 Å². The van der Waals surface area contributed by atoms with Crippen molar-refractivity contribution in [1.29, 1.82) is 0 Å². The van der Waals surface area contributed by atoms with Crippen molar-refractivity contribution >= 4 is 66.9 Å². The highest BCUT2D eigenvalue weighted by molar-refractivity contribution is 8.19. The van der Waals surface area contributed by atoms with Crippen LogP contribution in [0.25, 0.3) is 0 Å². The molecular formula is C14H24O6S4. The van der Waals surface area contributed by atoms with Crippen LogP contribution in [0.15, 0.2) is 0 Å². The molecule has 0 saturated carbocycles. The topological polar surface area (TPSA) is 78.9 Å². The minimum absolute atomic E-state index is 0.0108. The summed E-state index contributed by atoms with van der Waals surface area (Å²) < 4.78 is 15.6. The minimum Gasteiger partial charge on any atom is -0.465 e. The molecule has 0 radical (unpaired) electrons. The number of hydrogen-bond donors (Lipinski definition) is 3. The zero-order chi connectivity index (χ0) is 18.4. The predicted molar refractivity (Wildman–Crippen MR) is 104 cm³/mol. The second kappa shape index (κ2) is 14.0. The summed E-state index contributed by atoms with van der Waals surface area (Å²) in [5, 5.41) is -0.183. The first-order chi connectivity index (χ1) is 11.4. The van der Waals surface area contributed by atoms with Crippen LogP contribution in [0.1, 0.15) is 26.2 Å². The Bertz CT molecular complexity index is 350. The van der Waals surface area contributed by atoms with Crippen LogP contribution in [0.3, 0.4) is 0 Å². The van der Waals surface area contributed by atoms with Crippen LogP contribution in [-0.2, 0) is 23.8 Å². The van der Waals surface area contributed by atoms with Crippen molar-refractivity contribution < 1.29 is 28.6 Å². The van der Waals surface area contributed by atoms with Crippen molar-refractivity contribution in [2.24, 2.45) is 5.41 Å². The summed E-state index contributed by atoms with van der Waals surface area (Å²) in [6.45, 7) is 1.80. The molecule has 10 heteroatoms. The molecule has 0 aromatic carbocycles. The number of esters is 2. The quantitative estimate of drug-likeness (QED) is 0.195. The SMILES string of the molecule is CCC(COC(=O)CCS)(COC(=O)CCS)COC(=O)SCS. The van der Waals surface area contributed by atoms with E-state index in [4.69, 9.17) is 14.2 Å². The van der Waals surface area contributed by atoms with Gasteiger partial charge in [0.25, 0.3) is 0 Å². The summed E-state index contributed by atoms with van der Waals surface area (Å²) in [4.78, 5) is 34.7. The molecule has 0 aromatic rings. The average Bonchev–Trinajstić information content (AvgIpc) is 2.55. The van der Waals surface area contributed by atoms with Crippen LogP contribution < -0.4 is 0 Å². The first-order valence-corrected chi connectivity index (χ1v) is 10.2. The van der Waals surface area contributed by atoms with E-state index in [1.165, 1.54) is 0 Å². The zero-order valence-corrected chi connectivity index (χ0v) is 17.1. The van der Waals surface area contributed by atoms with Gasteiger partial charge in [0.2, 0.25) is 0 Å². The lowest BCUT2D eigenvalue weighted by atomic mass is 9.88. The van der Waals surface area contributed by atoms with Gasteiger partial charge in [-0.05, 0) is 18.2 Å². The minimum atomic E-state index is -0.786. The van der Waals surface area contributed by atoms with E-state index in [1.807, 2.05) is 6.92 Å². The highest BCUT2D eigenvalue weighted by atomic mass is 32.2. The van der Waals surface area contributed by atoms with Crippen molar-refractivity contribution in [3.05, 3.63) is 0 Å². The van der Waals surface area contributed by atoms with Crippen LogP contribution in [0.4, 0.5) is 4.79 Å². The fourth-order valence-corrected chi connectivity index (χ4v) is 2.46. The summed E-state index contributed by atoms with van der Waals surface area (Å²) in [5.41, 5.74) is -0.786. The van der Waals surface area contributed by atoms with Gasteiger partial charge in [0, 0.05) is 16.6 Å². The van der Waals surface area contributed by atoms with Gasteiger partial charge < -0.3 is 14.2 Å². The molecular weight excluding hydrogens is 392 g/mol.